The van der Waals surface area contributed by atoms with Crippen LogP contribution in [-0.2, 0) is 17.7 Å². The highest BCUT2D eigenvalue weighted by Crippen LogP contribution is 2.27. The lowest BCUT2D eigenvalue weighted by atomic mass is 9.95. The average molecular weight is 453 g/mol. The van der Waals surface area contributed by atoms with Crippen LogP contribution in [0.2, 0.25) is 0 Å². The second kappa shape index (κ2) is 10.9. The number of fused-ring (bicyclic) bond motifs is 1. The molecule has 178 valence electrons. The van der Waals surface area contributed by atoms with Crippen molar-refractivity contribution in [2.75, 3.05) is 51.0 Å². The second-order valence-electron chi connectivity index (χ2n) is 8.98. The Morgan fingerprint density at radius 1 is 1.18 bits per heavy atom. The Balaban J connectivity index is 1.29. The molecular weight excluding hydrogens is 416 g/mol. The van der Waals surface area contributed by atoms with Crippen LogP contribution in [0.3, 0.4) is 0 Å². The zero-order chi connectivity index (χ0) is 23.2. The molecule has 1 aromatic carbocycles. The molecule has 0 aliphatic carbocycles. The molecule has 2 aliphatic heterocycles. The molecule has 1 atom stereocenters. The summed E-state index contributed by atoms with van der Waals surface area (Å²) in [6, 6.07) is 7.37. The van der Waals surface area contributed by atoms with Crippen LogP contribution < -0.4 is 10.6 Å². The van der Waals surface area contributed by atoms with E-state index in [0.29, 0.717) is 24.2 Å². The van der Waals surface area contributed by atoms with Gasteiger partial charge in [0.05, 0.1) is 18.2 Å². The molecule has 0 saturated carbocycles. The number of carbonyl (C=O) groups is 1. The molecule has 0 radical (unpaired) electrons. The number of aromatic nitrogens is 2. The minimum absolute atomic E-state index is 0.0208. The van der Waals surface area contributed by atoms with E-state index >= 15 is 0 Å². The van der Waals surface area contributed by atoms with Crippen molar-refractivity contribution in [2.45, 2.75) is 51.2 Å². The average Bonchev–Trinajstić information content (AvgIpc) is 2.88. The van der Waals surface area contributed by atoms with Gasteiger partial charge in [-0.1, -0.05) is 13.0 Å². The van der Waals surface area contributed by atoms with Crippen LogP contribution in [0.5, 0.6) is 0 Å². The number of piperidine rings is 1. The van der Waals surface area contributed by atoms with Crippen molar-refractivity contribution < 1.29 is 9.53 Å². The van der Waals surface area contributed by atoms with Gasteiger partial charge in [0.1, 0.15) is 0 Å². The SMILES string of the molecule is CCC(COC)Nc1ncc(C(=O)N2CCC(N3CCc4cc(NC)ccc4C3)CC2)cn1. The third kappa shape index (κ3) is 5.62. The summed E-state index contributed by atoms with van der Waals surface area (Å²) in [4.78, 5) is 26.2. The molecule has 33 heavy (non-hydrogen) atoms. The van der Waals surface area contributed by atoms with E-state index in [9.17, 15) is 4.79 Å². The van der Waals surface area contributed by atoms with Crippen molar-refractivity contribution in [3.05, 3.63) is 47.3 Å². The van der Waals surface area contributed by atoms with Gasteiger partial charge < -0.3 is 20.3 Å². The third-order valence-corrected chi connectivity index (χ3v) is 6.90. The lowest BCUT2D eigenvalue weighted by Gasteiger charge is -2.40. The van der Waals surface area contributed by atoms with Crippen LogP contribution in [0.25, 0.3) is 0 Å². The Bertz CT molecular complexity index is 927. The molecule has 0 spiro atoms. The van der Waals surface area contributed by atoms with E-state index in [0.717, 1.165) is 51.9 Å². The zero-order valence-electron chi connectivity index (χ0n) is 20.0. The molecule has 3 heterocycles. The number of methoxy groups -OCH3 is 1. The number of nitrogens with zero attached hydrogens (tertiary/aromatic N) is 4. The van der Waals surface area contributed by atoms with E-state index in [1.807, 2.05) is 11.9 Å². The number of ether oxygens (including phenoxy) is 1. The lowest BCUT2D eigenvalue weighted by Crippen LogP contribution is -2.48. The molecule has 4 rings (SSSR count). The Morgan fingerprint density at radius 3 is 2.61 bits per heavy atom. The van der Waals surface area contributed by atoms with E-state index < -0.39 is 0 Å². The molecule has 1 saturated heterocycles. The molecule has 1 unspecified atom stereocenters. The van der Waals surface area contributed by atoms with Crippen molar-refractivity contribution >= 4 is 17.5 Å². The van der Waals surface area contributed by atoms with Gasteiger partial charge >= 0.3 is 0 Å². The van der Waals surface area contributed by atoms with E-state index in [2.05, 4.69) is 50.6 Å². The van der Waals surface area contributed by atoms with Crippen molar-refractivity contribution in [1.29, 1.82) is 0 Å². The topological polar surface area (TPSA) is 82.6 Å². The monoisotopic (exact) mass is 452 g/mol. The standard InChI is InChI=1S/C25H36N6O2/c1-4-21(17-33-3)29-25-27-14-20(15-28-25)24(32)30-11-8-23(9-12-30)31-10-7-18-13-22(26-2)6-5-19(18)16-31/h5-6,13-15,21,23,26H,4,7-12,16-17H2,1-3H3,(H,27,28,29). The number of anilines is 2. The summed E-state index contributed by atoms with van der Waals surface area (Å²) in [6.07, 6.45) is 7.27. The number of amides is 1. The Labute approximate surface area is 196 Å². The van der Waals surface area contributed by atoms with Gasteiger partial charge in [-0.25, -0.2) is 9.97 Å². The fourth-order valence-electron chi connectivity index (χ4n) is 4.82. The van der Waals surface area contributed by atoms with Crippen molar-refractivity contribution in [1.82, 2.24) is 19.8 Å². The predicted octanol–water partition coefficient (Wildman–Crippen LogP) is 3.02. The number of rotatable bonds is 8. The summed E-state index contributed by atoms with van der Waals surface area (Å²) >= 11 is 0. The fourth-order valence-corrected chi connectivity index (χ4v) is 4.82. The summed E-state index contributed by atoms with van der Waals surface area (Å²) in [5.41, 5.74) is 4.62. The maximum absolute atomic E-state index is 13.0. The molecular formula is C25H36N6O2. The van der Waals surface area contributed by atoms with E-state index in [4.69, 9.17) is 4.74 Å². The maximum Gasteiger partial charge on any atom is 0.256 e. The maximum atomic E-state index is 13.0. The summed E-state index contributed by atoms with van der Waals surface area (Å²) in [6.45, 7) is 6.31. The Kier molecular flexibility index (Phi) is 7.77. The van der Waals surface area contributed by atoms with Gasteiger partial charge in [0.25, 0.3) is 5.91 Å². The zero-order valence-corrected chi connectivity index (χ0v) is 20.0. The van der Waals surface area contributed by atoms with Crippen LogP contribution >= 0.6 is 0 Å². The Hall–Kier alpha value is -2.71. The van der Waals surface area contributed by atoms with Crippen molar-refractivity contribution in [3.63, 3.8) is 0 Å². The number of likely N-dealkylation sites (tertiary alicyclic amines) is 1. The highest BCUT2D eigenvalue weighted by atomic mass is 16.5. The van der Waals surface area contributed by atoms with E-state index in [-0.39, 0.29) is 11.9 Å². The number of hydrogen-bond donors (Lipinski definition) is 2. The van der Waals surface area contributed by atoms with Crippen LogP contribution in [-0.4, -0.2) is 78.2 Å². The summed E-state index contributed by atoms with van der Waals surface area (Å²) in [5.74, 6) is 0.550. The smallest absolute Gasteiger partial charge is 0.256 e. The first-order chi connectivity index (χ1) is 16.1. The Morgan fingerprint density at radius 2 is 1.94 bits per heavy atom. The third-order valence-electron chi connectivity index (χ3n) is 6.90. The second-order valence-corrected chi connectivity index (χ2v) is 8.98. The first-order valence-corrected chi connectivity index (χ1v) is 12.0. The molecule has 2 aromatic rings. The first kappa shape index (κ1) is 23.4. The highest BCUT2D eigenvalue weighted by molar-refractivity contribution is 5.93. The van der Waals surface area contributed by atoms with Gasteiger partial charge in [-0.2, -0.15) is 0 Å². The van der Waals surface area contributed by atoms with Gasteiger partial charge in [-0.15, -0.1) is 0 Å². The van der Waals surface area contributed by atoms with E-state index in [1.165, 1.54) is 16.8 Å². The van der Waals surface area contributed by atoms with E-state index in [1.54, 1.807) is 19.5 Å². The van der Waals surface area contributed by atoms with Gasteiger partial charge in [0.15, 0.2) is 0 Å². The van der Waals surface area contributed by atoms with Gasteiger partial charge in [-0.3, -0.25) is 9.69 Å². The highest BCUT2D eigenvalue weighted by Gasteiger charge is 2.29. The van der Waals surface area contributed by atoms with Crippen molar-refractivity contribution in [3.8, 4) is 0 Å². The van der Waals surface area contributed by atoms with Crippen LogP contribution in [0.1, 0.15) is 47.7 Å². The fraction of sp³-hybridized carbons (Fsp3) is 0.560. The molecule has 8 heteroatoms. The van der Waals surface area contributed by atoms with Crippen LogP contribution in [0.4, 0.5) is 11.6 Å². The lowest BCUT2D eigenvalue weighted by molar-refractivity contribution is 0.0598. The minimum Gasteiger partial charge on any atom is -0.388 e. The number of hydrogen-bond acceptors (Lipinski definition) is 7. The van der Waals surface area contributed by atoms with Crippen LogP contribution in [0, 0.1) is 0 Å². The minimum atomic E-state index is 0.0208. The summed E-state index contributed by atoms with van der Waals surface area (Å²) in [5, 5.41) is 6.48. The predicted molar refractivity (Wildman–Crippen MR) is 131 cm³/mol. The molecule has 0 bridgehead atoms. The molecule has 1 amide bonds. The molecule has 1 fully saturated rings. The normalized spacial score (nSPS) is 18.0. The van der Waals surface area contributed by atoms with Crippen molar-refractivity contribution in [2.24, 2.45) is 0 Å². The number of nitrogens with one attached hydrogen (secondary N) is 2. The van der Waals surface area contributed by atoms with Gasteiger partial charge in [0.2, 0.25) is 5.95 Å². The first-order valence-electron chi connectivity index (χ1n) is 12.0. The summed E-state index contributed by atoms with van der Waals surface area (Å²) in [7, 11) is 3.65. The molecule has 8 nitrogen and oxygen atoms in total. The number of carbonyl (C=O) groups excluding carboxylic acids is 1. The molecule has 2 aliphatic rings. The van der Waals surface area contributed by atoms with Crippen LogP contribution in [0.15, 0.2) is 30.6 Å². The van der Waals surface area contributed by atoms with Gasteiger partial charge in [0, 0.05) is 64.5 Å². The molecule has 2 N–H and O–H groups in total. The summed E-state index contributed by atoms with van der Waals surface area (Å²) < 4.78 is 5.20. The van der Waals surface area contributed by atoms with Gasteiger partial charge in [-0.05, 0) is 48.9 Å². The molecule has 1 aromatic heterocycles. The largest absolute Gasteiger partial charge is 0.388 e. The number of benzene rings is 1. The quantitative estimate of drug-likeness (QED) is 0.637.